The lowest BCUT2D eigenvalue weighted by molar-refractivity contribution is -0.115. The van der Waals surface area contributed by atoms with Crippen LogP contribution < -0.4 is 10.6 Å². The Balaban J connectivity index is 1.37. The van der Waals surface area contributed by atoms with E-state index in [4.69, 9.17) is 16.6 Å². The van der Waals surface area contributed by atoms with Crippen LogP contribution in [0.2, 0.25) is 0 Å². The number of thiophene rings is 1. The number of furan rings is 1. The smallest absolute Gasteiger partial charge is 0.250 e. The number of anilines is 1. The van der Waals surface area contributed by atoms with Gasteiger partial charge in [-0.15, -0.1) is 11.3 Å². The maximum Gasteiger partial charge on any atom is 0.250 e. The van der Waals surface area contributed by atoms with E-state index in [0.717, 1.165) is 36.1 Å². The third-order valence-corrected chi connectivity index (χ3v) is 6.55. The first-order valence-electron chi connectivity index (χ1n) is 10.0. The Morgan fingerprint density at radius 1 is 1.29 bits per heavy atom. The molecule has 2 heterocycles. The van der Waals surface area contributed by atoms with Crippen LogP contribution in [0.15, 0.2) is 53.0 Å². The summed E-state index contributed by atoms with van der Waals surface area (Å²) >= 11 is 6.83. The number of hydrogen-bond donors (Lipinski definition) is 2. The normalized spacial score (nSPS) is 15.3. The summed E-state index contributed by atoms with van der Waals surface area (Å²) in [5.41, 5.74) is 2.73. The summed E-state index contributed by atoms with van der Waals surface area (Å²) in [6.45, 7) is 2.22. The van der Waals surface area contributed by atoms with Crippen molar-refractivity contribution in [2.24, 2.45) is 5.92 Å². The fourth-order valence-electron chi connectivity index (χ4n) is 3.60. The molecule has 0 bridgehead atoms. The molecule has 0 radical (unpaired) electrons. The monoisotopic (exact) mass is 447 g/mol. The van der Waals surface area contributed by atoms with E-state index >= 15 is 0 Å². The molecule has 4 rings (SSSR count). The highest BCUT2D eigenvalue weighted by Gasteiger charge is 2.24. The van der Waals surface area contributed by atoms with E-state index in [-0.39, 0.29) is 11.0 Å². The van der Waals surface area contributed by atoms with Crippen molar-refractivity contribution in [3.05, 3.63) is 70.3 Å². The molecule has 1 aliphatic rings. The van der Waals surface area contributed by atoms with Gasteiger partial charge in [0.15, 0.2) is 5.11 Å². The van der Waals surface area contributed by atoms with Crippen LogP contribution in [0.25, 0.3) is 17.4 Å². The number of carbonyl (C=O) groups excluding carboxylic acids is 1. The molecular formula is C24H21N3O2S2. The molecule has 1 amide bonds. The minimum atomic E-state index is -0.372. The fraction of sp³-hybridized carbons (Fsp3) is 0.208. The third kappa shape index (κ3) is 4.93. The van der Waals surface area contributed by atoms with Gasteiger partial charge in [0.05, 0.1) is 5.56 Å². The van der Waals surface area contributed by atoms with Crippen molar-refractivity contribution < 1.29 is 9.21 Å². The van der Waals surface area contributed by atoms with Gasteiger partial charge in [0.25, 0.3) is 0 Å². The van der Waals surface area contributed by atoms with Gasteiger partial charge in [-0.05, 0) is 61.2 Å². The van der Waals surface area contributed by atoms with Crippen molar-refractivity contribution in [1.29, 1.82) is 5.26 Å². The number of rotatable bonds is 4. The van der Waals surface area contributed by atoms with Gasteiger partial charge in [-0.25, -0.2) is 0 Å². The van der Waals surface area contributed by atoms with Gasteiger partial charge in [-0.1, -0.05) is 37.3 Å². The minimum absolute atomic E-state index is 0.169. The van der Waals surface area contributed by atoms with Crippen molar-refractivity contribution in [3.63, 3.8) is 0 Å². The first-order chi connectivity index (χ1) is 15.0. The van der Waals surface area contributed by atoms with Crippen molar-refractivity contribution >= 4 is 45.7 Å². The number of amides is 1. The molecule has 31 heavy (non-hydrogen) atoms. The van der Waals surface area contributed by atoms with Crippen molar-refractivity contribution in [3.8, 4) is 17.4 Å². The molecule has 0 fully saturated rings. The Kier molecular flexibility index (Phi) is 6.31. The molecule has 1 atom stereocenters. The van der Waals surface area contributed by atoms with E-state index in [1.165, 1.54) is 11.0 Å². The molecule has 1 aliphatic carbocycles. The van der Waals surface area contributed by atoms with Gasteiger partial charge in [-0.3, -0.25) is 10.1 Å². The highest BCUT2D eigenvalue weighted by molar-refractivity contribution is 7.80. The second-order valence-electron chi connectivity index (χ2n) is 7.51. The van der Waals surface area contributed by atoms with Crippen LogP contribution in [-0.4, -0.2) is 11.0 Å². The van der Waals surface area contributed by atoms with E-state index in [1.54, 1.807) is 23.5 Å². The summed E-state index contributed by atoms with van der Waals surface area (Å²) in [5, 5.41) is 16.1. The standard InChI is InChI=1S/C24H21N3O2S2/c1-15-7-10-18-19(14-25)23(31-21(18)13-15)27-24(30)26-22(28)12-9-17-8-11-20(29-17)16-5-3-2-4-6-16/h2-6,8-9,11-12,15H,7,10,13H2,1H3,(H2,26,27,28,30)/b12-9+/t15-/m0/s1. The molecule has 156 valence electrons. The van der Waals surface area contributed by atoms with Crippen molar-refractivity contribution in [2.45, 2.75) is 26.2 Å². The van der Waals surface area contributed by atoms with Gasteiger partial charge in [0.2, 0.25) is 5.91 Å². The molecule has 0 saturated carbocycles. The number of thiocarbonyl (C=S) groups is 1. The van der Waals surface area contributed by atoms with Gasteiger partial charge < -0.3 is 9.73 Å². The maximum atomic E-state index is 12.3. The van der Waals surface area contributed by atoms with Gasteiger partial charge in [0.1, 0.15) is 22.6 Å². The summed E-state index contributed by atoms with van der Waals surface area (Å²) in [5.74, 6) is 1.55. The summed E-state index contributed by atoms with van der Waals surface area (Å²) in [4.78, 5) is 13.5. The van der Waals surface area contributed by atoms with Crippen LogP contribution in [0.3, 0.4) is 0 Å². The topological polar surface area (TPSA) is 78.1 Å². The molecule has 7 heteroatoms. The molecule has 0 aliphatic heterocycles. The molecular weight excluding hydrogens is 426 g/mol. The first kappa shape index (κ1) is 21.0. The van der Waals surface area contributed by atoms with Crippen molar-refractivity contribution in [1.82, 2.24) is 5.32 Å². The van der Waals surface area contributed by atoms with Crippen LogP contribution in [0, 0.1) is 17.2 Å². The number of fused-ring (bicyclic) bond motifs is 1. The zero-order valence-corrected chi connectivity index (χ0v) is 18.6. The average Bonchev–Trinajstić information content (AvgIpc) is 3.36. The molecule has 2 N–H and O–H groups in total. The zero-order valence-electron chi connectivity index (χ0n) is 17.0. The third-order valence-electron chi connectivity index (χ3n) is 5.17. The molecule has 1 aromatic carbocycles. The molecule has 0 unspecified atom stereocenters. The van der Waals surface area contributed by atoms with Crippen LogP contribution in [0.4, 0.5) is 5.00 Å². The second kappa shape index (κ2) is 9.29. The molecule has 0 spiro atoms. The molecule has 2 aromatic heterocycles. The summed E-state index contributed by atoms with van der Waals surface area (Å²) in [7, 11) is 0. The number of carbonyl (C=O) groups is 1. The maximum absolute atomic E-state index is 12.3. The van der Waals surface area contributed by atoms with Gasteiger partial charge in [-0.2, -0.15) is 5.26 Å². The van der Waals surface area contributed by atoms with Crippen LogP contribution in [0.1, 0.15) is 35.1 Å². The van der Waals surface area contributed by atoms with E-state index < -0.39 is 0 Å². The Morgan fingerprint density at radius 3 is 2.87 bits per heavy atom. The van der Waals surface area contributed by atoms with Gasteiger partial charge >= 0.3 is 0 Å². The van der Waals surface area contributed by atoms with Crippen LogP contribution >= 0.6 is 23.6 Å². The predicted octanol–water partition coefficient (Wildman–Crippen LogP) is 5.53. The number of nitrogens with one attached hydrogen (secondary N) is 2. The molecule has 0 saturated heterocycles. The minimum Gasteiger partial charge on any atom is -0.457 e. The zero-order chi connectivity index (χ0) is 21.8. The quantitative estimate of drug-likeness (QED) is 0.406. The van der Waals surface area contributed by atoms with Crippen LogP contribution in [-0.2, 0) is 17.6 Å². The van der Waals surface area contributed by atoms with E-state index in [2.05, 4.69) is 23.6 Å². The number of hydrogen-bond acceptors (Lipinski definition) is 5. The lowest BCUT2D eigenvalue weighted by Gasteiger charge is -2.17. The van der Waals surface area contributed by atoms with E-state index in [0.29, 0.717) is 22.2 Å². The lowest BCUT2D eigenvalue weighted by Crippen LogP contribution is -2.32. The van der Waals surface area contributed by atoms with Gasteiger partial charge in [0, 0.05) is 16.5 Å². The number of benzene rings is 1. The number of nitrogens with zero attached hydrogens (tertiary/aromatic N) is 1. The Labute approximate surface area is 190 Å². The highest BCUT2D eigenvalue weighted by Crippen LogP contribution is 2.39. The fourth-order valence-corrected chi connectivity index (χ4v) is 5.24. The number of nitriles is 1. The molecule has 5 nitrogen and oxygen atoms in total. The summed E-state index contributed by atoms with van der Waals surface area (Å²) in [6, 6.07) is 15.7. The second-order valence-corrected chi connectivity index (χ2v) is 9.03. The van der Waals surface area contributed by atoms with E-state index in [9.17, 15) is 10.1 Å². The van der Waals surface area contributed by atoms with E-state index in [1.807, 2.05) is 36.4 Å². The Hall–Kier alpha value is -3.21. The lowest BCUT2D eigenvalue weighted by atomic mass is 9.89. The Morgan fingerprint density at radius 2 is 2.10 bits per heavy atom. The largest absolute Gasteiger partial charge is 0.457 e. The SMILES string of the molecule is C[C@H]1CCc2c(sc(NC(=S)NC(=O)/C=C/c3ccc(-c4ccccc4)o3)c2C#N)C1. The molecule has 3 aromatic rings. The van der Waals surface area contributed by atoms with Crippen molar-refractivity contribution in [2.75, 3.05) is 5.32 Å². The van der Waals surface area contributed by atoms with Crippen LogP contribution in [0.5, 0.6) is 0 Å². The first-order valence-corrected chi connectivity index (χ1v) is 11.3. The summed E-state index contributed by atoms with van der Waals surface area (Å²) in [6.07, 6.45) is 5.94. The highest BCUT2D eigenvalue weighted by atomic mass is 32.1. The Bertz CT molecular complexity index is 1190. The predicted molar refractivity (Wildman–Crippen MR) is 128 cm³/mol. The average molecular weight is 448 g/mol. The summed E-state index contributed by atoms with van der Waals surface area (Å²) < 4.78 is 5.76.